The van der Waals surface area contributed by atoms with Crippen molar-refractivity contribution in [2.24, 2.45) is 0 Å². The molecule has 12 aromatic rings. The van der Waals surface area contributed by atoms with E-state index >= 15 is 0 Å². The van der Waals surface area contributed by atoms with Crippen LogP contribution in [-0.2, 0) is 0 Å². The first kappa shape index (κ1) is 27.2. The predicted molar refractivity (Wildman–Crippen MR) is 213 cm³/mol. The molecule has 0 saturated heterocycles. The van der Waals surface area contributed by atoms with Crippen LogP contribution in [-0.4, -0.2) is 23.9 Å². The van der Waals surface area contributed by atoms with Crippen LogP contribution in [0.1, 0.15) is 0 Å². The smallest absolute Gasteiger partial charge is 0.160 e. The van der Waals surface area contributed by atoms with Gasteiger partial charge in [-0.25, -0.2) is 15.0 Å². The first-order valence-electron chi connectivity index (χ1n) is 17.1. The van der Waals surface area contributed by atoms with E-state index < -0.39 is 0 Å². The first-order valence-corrected chi connectivity index (χ1v) is 18.0. The number of fused-ring (bicyclic) bond motifs is 12. The lowest BCUT2D eigenvalue weighted by Crippen LogP contribution is -1.96. The molecule has 0 bridgehead atoms. The summed E-state index contributed by atoms with van der Waals surface area (Å²) in [4.78, 5) is 15.3. The molecule has 0 atom stereocenters. The number of nitrogens with zero attached hydrogens (tertiary/aromatic N) is 5. The van der Waals surface area contributed by atoms with Crippen molar-refractivity contribution in [2.45, 2.75) is 0 Å². The molecule has 51 heavy (non-hydrogen) atoms. The van der Waals surface area contributed by atoms with Crippen molar-refractivity contribution in [1.82, 2.24) is 23.9 Å². The number of rotatable bonds is 3. The van der Waals surface area contributed by atoms with Crippen LogP contribution in [0.4, 0.5) is 0 Å². The van der Waals surface area contributed by atoms with Gasteiger partial charge in [-0.15, -0.1) is 11.3 Å². The summed E-state index contributed by atoms with van der Waals surface area (Å²) >= 11 is 1.71. The Kier molecular flexibility index (Phi) is 5.32. The maximum absolute atomic E-state index is 5.37. The third-order valence-electron chi connectivity index (χ3n) is 10.6. The van der Waals surface area contributed by atoms with Gasteiger partial charge in [-0.2, -0.15) is 0 Å². The van der Waals surface area contributed by atoms with Crippen molar-refractivity contribution >= 4 is 92.4 Å². The Labute approximate surface area is 294 Å². The summed E-state index contributed by atoms with van der Waals surface area (Å²) < 4.78 is 5.99. The van der Waals surface area contributed by atoms with Crippen molar-refractivity contribution in [3.63, 3.8) is 0 Å². The Balaban J connectivity index is 1.11. The zero-order valence-electron chi connectivity index (χ0n) is 27.1. The number of aromatic nitrogens is 5. The largest absolute Gasteiger partial charge is 0.309 e. The van der Waals surface area contributed by atoms with E-state index in [1.807, 2.05) is 5.51 Å². The summed E-state index contributed by atoms with van der Waals surface area (Å²) in [6.07, 6.45) is 0. The van der Waals surface area contributed by atoms with Gasteiger partial charge in [0.15, 0.2) is 5.82 Å². The SMILES string of the molecule is c1ccc(-n2c3ccccc3c3cc(-c4nc(-c5ccc6c(c5)c5c7scnc7cc7c8ccccc8n6c75)c5ccccc5n4)ccc32)cc1. The maximum atomic E-state index is 5.37. The molecule has 236 valence electrons. The molecule has 7 aromatic carbocycles. The Bertz CT molecular complexity index is 3370. The van der Waals surface area contributed by atoms with E-state index in [0.29, 0.717) is 5.82 Å². The van der Waals surface area contributed by atoms with E-state index in [0.717, 1.165) is 44.4 Å². The van der Waals surface area contributed by atoms with Crippen LogP contribution in [0.15, 0.2) is 151 Å². The van der Waals surface area contributed by atoms with Crippen molar-refractivity contribution in [3.05, 3.63) is 151 Å². The molecule has 5 heterocycles. The second-order valence-electron chi connectivity index (χ2n) is 13.3. The zero-order chi connectivity index (χ0) is 33.2. The molecule has 0 aliphatic carbocycles. The number of hydrogen-bond donors (Lipinski definition) is 0. The van der Waals surface area contributed by atoms with E-state index in [1.54, 1.807) is 11.3 Å². The third kappa shape index (κ3) is 3.66. The second-order valence-corrected chi connectivity index (χ2v) is 14.1. The highest BCUT2D eigenvalue weighted by molar-refractivity contribution is 7.18. The van der Waals surface area contributed by atoms with Gasteiger partial charge in [-0.3, -0.25) is 0 Å². The molecule has 0 amide bonds. The molecular weight excluding hydrogens is 643 g/mol. The van der Waals surface area contributed by atoms with Gasteiger partial charge < -0.3 is 8.97 Å². The fourth-order valence-electron chi connectivity index (χ4n) is 8.42. The average Bonchev–Trinajstić information content (AvgIpc) is 3.96. The molecule has 0 aliphatic rings. The molecule has 0 N–H and O–H groups in total. The summed E-state index contributed by atoms with van der Waals surface area (Å²) in [6, 6.07) is 52.0. The standard InChI is InChI=1S/C45H25N5S/c1-2-10-28(11-3-1)49-37-16-8-5-12-29(37)32-23-27(19-21-39(32)49)45-47-35-15-7-4-14-31(35)42(48-45)26-18-20-40-34(22-26)41-43-33(24-36-44(41)51-25-46-36)30-13-6-9-17-38(30)50(40)43/h1-25H. The Hall–Kier alpha value is -6.63. The van der Waals surface area contributed by atoms with Gasteiger partial charge in [-0.05, 0) is 66.7 Å². The number of para-hydroxylation sites is 4. The molecule has 0 saturated carbocycles. The van der Waals surface area contributed by atoms with E-state index in [1.165, 1.54) is 59.1 Å². The number of thiazole rings is 1. The van der Waals surface area contributed by atoms with Gasteiger partial charge in [0.25, 0.3) is 0 Å². The summed E-state index contributed by atoms with van der Waals surface area (Å²) in [6.45, 7) is 0. The van der Waals surface area contributed by atoms with Gasteiger partial charge in [0, 0.05) is 54.5 Å². The molecule has 6 heteroatoms. The molecule has 0 aliphatic heterocycles. The molecule has 0 unspecified atom stereocenters. The Morgan fingerprint density at radius 3 is 2.02 bits per heavy atom. The van der Waals surface area contributed by atoms with E-state index in [-0.39, 0.29) is 0 Å². The fourth-order valence-corrected chi connectivity index (χ4v) is 9.25. The highest BCUT2D eigenvalue weighted by Crippen LogP contribution is 2.45. The minimum absolute atomic E-state index is 0.715. The molecule has 0 fully saturated rings. The van der Waals surface area contributed by atoms with Crippen LogP contribution < -0.4 is 0 Å². The van der Waals surface area contributed by atoms with Crippen LogP contribution in [0.5, 0.6) is 0 Å². The molecule has 5 nitrogen and oxygen atoms in total. The van der Waals surface area contributed by atoms with Gasteiger partial charge in [0.1, 0.15) is 0 Å². The van der Waals surface area contributed by atoms with Crippen LogP contribution in [0.2, 0.25) is 0 Å². The molecular formula is C45H25N5S. The van der Waals surface area contributed by atoms with Crippen molar-refractivity contribution in [1.29, 1.82) is 0 Å². The van der Waals surface area contributed by atoms with Crippen LogP contribution in [0.25, 0.3) is 109 Å². The molecule has 0 radical (unpaired) electrons. The van der Waals surface area contributed by atoms with Crippen molar-refractivity contribution in [2.75, 3.05) is 0 Å². The third-order valence-corrected chi connectivity index (χ3v) is 11.4. The monoisotopic (exact) mass is 667 g/mol. The number of benzene rings is 7. The highest BCUT2D eigenvalue weighted by atomic mass is 32.1. The minimum atomic E-state index is 0.715. The van der Waals surface area contributed by atoms with Gasteiger partial charge in [0.2, 0.25) is 0 Å². The summed E-state index contributed by atoms with van der Waals surface area (Å²) in [5, 5.41) is 8.40. The summed E-state index contributed by atoms with van der Waals surface area (Å²) in [7, 11) is 0. The fraction of sp³-hybridized carbons (Fsp3) is 0. The van der Waals surface area contributed by atoms with Crippen molar-refractivity contribution in [3.8, 4) is 28.3 Å². The van der Waals surface area contributed by atoms with Crippen LogP contribution in [0, 0.1) is 0 Å². The quantitative estimate of drug-likeness (QED) is 0.188. The number of hydrogen-bond acceptors (Lipinski definition) is 4. The molecule has 0 spiro atoms. The van der Waals surface area contributed by atoms with Gasteiger partial charge >= 0.3 is 0 Å². The lowest BCUT2D eigenvalue weighted by atomic mass is 10.0. The van der Waals surface area contributed by atoms with Crippen molar-refractivity contribution < 1.29 is 0 Å². The summed E-state index contributed by atoms with van der Waals surface area (Å²) in [5.74, 6) is 0.715. The van der Waals surface area contributed by atoms with Gasteiger partial charge in [-0.1, -0.05) is 78.9 Å². The normalized spacial score (nSPS) is 12.3. The topological polar surface area (TPSA) is 48.0 Å². The minimum Gasteiger partial charge on any atom is -0.309 e. The highest BCUT2D eigenvalue weighted by Gasteiger charge is 2.22. The lowest BCUT2D eigenvalue weighted by molar-refractivity contribution is 1.18. The Morgan fingerprint density at radius 2 is 1.14 bits per heavy atom. The van der Waals surface area contributed by atoms with Crippen LogP contribution in [0.3, 0.4) is 0 Å². The predicted octanol–water partition coefficient (Wildman–Crippen LogP) is 11.8. The van der Waals surface area contributed by atoms with Crippen LogP contribution >= 0.6 is 11.3 Å². The molecule has 12 rings (SSSR count). The average molecular weight is 668 g/mol. The summed E-state index contributed by atoms with van der Waals surface area (Å²) in [5.41, 5.74) is 14.1. The van der Waals surface area contributed by atoms with E-state index in [4.69, 9.17) is 15.0 Å². The van der Waals surface area contributed by atoms with E-state index in [2.05, 4.69) is 155 Å². The maximum Gasteiger partial charge on any atom is 0.160 e. The first-order chi connectivity index (χ1) is 25.3. The molecule has 5 aromatic heterocycles. The Morgan fingerprint density at radius 1 is 0.471 bits per heavy atom. The van der Waals surface area contributed by atoms with Gasteiger partial charge in [0.05, 0.1) is 54.5 Å². The second kappa shape index (κ2) is 9.97. The lowest BCUT2D eigenvalue weighted by Gasteiger charge is -2.11. The zero-order valence-corrected chi connectivity index (χ0v) is 27.9. The van der Waals surface area contributed by atoms with E-state index in [9.17, 15) is 0 Å².